The van der Waals surface area contributed by atoms with Crippen LogP contribution in [0.3, 0.4) is 0 Å². The standard InChI is InChI=1S/C15H20N2OS/c1-3-8-18-14-6-4-13(5-7-14)9-16-10-15-11-17-12(2)19-15/h4-7,11,16H,3,8-10H2,1-2H3. The van der Waals surface area contributed by atoms with Crippen LogP contribution >= 0.6 is 11.3 Å². The molecule has 2 rings (SSSR count). The maximum Gasteiger partial charge on any atom is 0.119 e. The molecule has 0 amide bonds. The van der Waals surface area contributed by atoms with Crippen molar-refractivity contribution in [1.82, 2.24) is 10.3 Å². The van der Waals surface area contributed by atoms with E-state index in [1.807, 2.05) is 25.3 Å². The number of nitrogens with zero attached hydrogens (tertiary/aromatic N) is 1. The molecule has 0 spiro atoms. The van der Waals surface area contributed by atoms with E-state index in [0.29, 0.717) is 0 Å². The van der Waals surface area contributed by atoms with E-state index in [2.05, 4.69) is 29.4 Å². The summed E-state index contributed by atoms with van der Waals surface area (Å²) in [5.41, 5.74) is 1.27. The summed E-state index contributed by atoms with van der Waals surface area (Å²) in [4.78, 5) is 5.52. The van der Waals surface area contributed by atoms with Crippen LogP contribution < -0.4 is 10.1 Å². The van der Waals surface area contributed by atoms with Crippen molar-refractivity contribution in [3.8, 4) is 5.75 Å². The molecule has 0 aliphatic heterocycles. The number of rotatable bonds is 7. The van der Waals surface area contributed by atoms with Gasteiger partial charge in [0.2, 0.25) is 0 Å². The number of hydrogen-bond acceptors (Lipinski definition) is 4. The van der Waals surface area contributed by atoms with Crippen LogP contribution in [0.4, 0.5) is 0 Å². The Morgan fingerprint density at radius 2 is 2.00 bits per heavy atom. The summed E-state index contributed by atoms with van der Waals surface area (Å²) in [5.74, 6) is 0.948. The van der Waals surface area contributed by atoms with E-state index in [0.717, 1.165) is 36.9 Å². The molecule has 0 aliphatic carbocycles. The van der Waals surface area contributed by atoms with Gasteiger partial charge >= 0.3 is 0 Å². The van der Waals surface area contributed by atoms with Gasteiger partial charge in [0.05, 0.1) is 11.6 Å². The minimum absolute atomic E-state index is 0.780. The maximum absolute atomic E-state index is 5.56. The Labute approximate surface area is 118 Å². The van der Waals surface area contributed by atoms with Gasteiger partial charge in [-0.2, -0.15) is 0 Å². The van der Waals surface area contributed by atoms with Crippen molar-refractivity contribution < 1.29 is 4.74 Å². The third-order valence-electron chi connectivity index (χ3n) is 2.69. The first kappa shape index (κ1) is 14.0. The number of nitrogens with one attached hydrogen (secondary N) is 1. The number of thiazole rings is 1. The first-order valence-corrected chi connectivity index (χ1v) is 7.43. The van der Waals surface area contributed by atoms with Crippen LogP contribution in [-0.2, 0) is 13.1 Å². The maximum atomic E-state index is 5.56. The average molecular weight is 276 g/mol. The quantitative estimate of drug-likeness (QED) is 0.840. The molecular formula is C15H20N2OS. The van der Waals surface area contributed by atoms with Crippen molar-refractivity contribution in [3.05, 3.63) is 45.9 Å². The topological polar surface area (TPSA) is 34.1 Å². The largest absolute Gasteiger partial charge is 0.494 e. The molecule has 0 atom stereocenters. The Hall–Kier alpha value is -1.39. The van der Waals surface area contributed by atoms with Gasteiger partial charge in [-0.15, -0.1) is 11.3 Å². The van der Waals surface area contributed by atoms with Gasteiger partial charge in [0, 0.05) is 24.2 Å². The normalized spacial score (nSPS) is 10.6. The fraction of sp³-hybridized carbons (Fsp3) is 0.400. The van der Waals surface area contributed by atoms with Crippen LogP contribution in [-0.4, -0.2) is 11.6 Å². The second-order valence-electron chi connectivity index (χ2n) is 4.44. The first-order valence-electron chi connectivity index (χ1n) is 6.61. The van der Waals surface area contributed by atoms with E-state index in [1.165, 1.54) is 10.4 Å². The fourth-order valence-electron chi connectivity index (χ4n) is 1.74. The highest BCUT2D eigenvalue weighted by atomic mass is 32.1. The highest BCUT2D eigenvalue weighted by Gasteiger charge is 1.99. The third kappa shape index (κ3) is 4.65. The molecule has 4 heteroatoms. The Balaban J connectivity index is 1.76. The second kappa shape index (κ2) is 7.26. The molecule has 0 unspecified atom stereocenters. The van der Waals surface area contributed by atoms with Crippen LogP contribution in [0.15, 0.2) is 30.5 Å². The van der Waals surface area contributed by atoms with E-state index in [4.69, 9.17) is 4.74 Å². The van der Waals surface area contributed by atoms with Crippen LogP contribution in [0.25, 0.3) is 0 Å². The van der Waals surface area contributed by atoms with Crippen LogP contribution in [0, 0.1) is 6.92 Å². The summed E-state index contributed by atoms with van der Waals surface area (Å²) >= 11 is 1.74. The molecule has 3 nitrogen and oxygen atoms in total. The molecule has 0 saturated heterocycles. The summed E-state index contributed by atoms with van der Waals surface area (Å²) in [7, 11) is 0. The summed E-state index contributed by atoms with van der Waals surface area (Å²) in [5, 5.41) is 4.54. The van der Waals surface area contributed by atoms with Crippen molar-refractivity contribution in [1.29, 1.82) is 0 Å². The van der Waals surface area contributed by atoms with Gasteiger partial charge in [0.15, 0.2) is 0 Å². The Bertz CT molecular complexity index is 493. The number of aryl methyl sites for hydroxylation is 1. The lowest BCUT2D eigenvalue weighted by atomic mass is 10.2. The molecule has 19 heavy (non-hydrogen) atoms. The number of benzene rings is 1. The van der Waals surface area contributed by atoms with Crippen molar-refractivity contribution in [2.24, 2.45) is 0 Å². The van der Waals surface area contributed by atoms with E-state index >= 15 is 0 Å². The molecule has 0 bridgehead atoms. The molecule has 0 saturated carbocycles. The second-order valence-corrected chi connectivity index (χ2v) is 5.76. The summed E-state index contributed by atoms with van der Waals surface area (Å²) in [6, 6.07) is 8.28. The zero-order chi connectivity index (χ0) is 13.5. The van der Waals surface area contributed by atoms with Crippen LogP contribution in [0.1, 0.15) is 28.8 Å². The monoisotopic (exact) mass is 276 g/mol. The third-order valence-corrected chi connectivity index (χ3v) is 3.61. The molecule has 2 aromatic rings. The van der Waals surface area contributed by atoms with Gasteiger partial charge in [-0.3, -0.25) is 0 Å². The number of ether oxygens (including phenoxy) is 1. The van der Waals surface area contributed by atoms with E-state index < -0.39 is 0 Å². The van der Waals surface area contributed by atoms with Gasteiger partial charge in [0.25, 0.3) is 0 Å². The van der Waals surface area contributed by atoms with E-state index in [-0.39, 0.29) is 0 Å². The molecule has 0 fully saturated rings. The average Bonchev–Trinajstić information content (AvgIpc) is 2.84. The van der Waals surface area contributed by atoms with Crippen molar-refractivity contribution in [2.45, 2.75) is 33.4 Å². The Morgan fingerprint density at radius 1 is 1.21 bits per heavy atom. The van der Waals surface area contributed by atoms with Gasteiger partial charge < -0.3 is 10.1 Å². The molecule has 1 aromatic carbocycles. The van der Waals surface area contributed by atoms with Gasteiger partial charge in [-0.1, -0.05) is 19.1 Å². The molecular weight excluding hydrogens is 256 g/mol. The van der Waals surface area contributed by atoms with Crippen molar-refractivity contribution in [2.75, 3.05) is 6.61 Å². The van der Waals surface area contributed by atoms with Gasteiger partial charge in [-0.25, -0.2) is 4.98 Å². The van der Waals surface area contributed by atoms with Gasteiger partial charge in [-0.05, 0) is 31.0 Å². The Morgan fingerprint density at radius 3 is 2.63 bits per heavy atom. The number of hydrogen-bond donors (Lipinski definition) is 1. The lowest BCUT2D eigenvalue weighted by Crippen LogP contribution is -2.11. The minimum atomic E-state index is 0.780. The van der Waals surface area contributed by atoms with Gasteiger partial charge in [0.1, 0.15) is 5.75 Å². The predicted molar refractivity (Wildman–Crippen MR) is 79.6 cm³/mol. The van der Waals surface area contributed by atoms with Crippen molar-refractivity contribution >= 4 is 11.3 Å². The molecule has 1 aromatic heterocycles. The Kier molecular flexibility index (Phi) is 5.36. The summed E-state index contributed by atoms with van der Waals surface area (Å²) < 4.78 is 5.56. The minimum Gasteiger partial charge on any atom is -0.494 e. The van der Waals surface area contributed by atoms with E-state index in [1.54, 1.807) is 11.3 Å². The lowest BCUT2D eigenvalue weighted by Gasteiger charge is -2.06. The molecule has 102 valence electrons. The molecule has 0 radical (unpaired) electrons. The number of aromatic nitrogens is 1. The molecule has 1 heterocycles. The SMILES string of the molecule is CCCOc1ccc(CNCc2cnc(C)s2)cc1. The lowest BCUT2D eigenvalue weighted by molar-refractivity contribution is 0.317. The summed E-state index contributed by atoms with van der Waals surface area (Å²) in [6.45, 7) is 6.66. The van der Waals surface area contributed by atoms with Crippen LogP contribution in [0.5, 0.6) is 5.75 Å². The highest BCUT2D eigenvalue weighted by molar-refractivity contribution is 7.11. The van der Waals surface area contributed by atoms with E-state index in [9.17, 15) is 0 Å². The first-order chi connectivity index (χ1) is 9.28. The zero-order valence-corrected chi connectivity index (χ0v) is 12.3. The zero-order valence-electron chi connectivity index (χ0n) is 11.5. The summed E-state index contributed by atoms with van der Waals surface area (Å²) in [6.07, 6.45) is 2.98. The van der Waals surface area contributed by atoms with Crippen LogP contribution in [0.2, 0.25) is 0 Å². The molecule has 0 aliphatic rings. The molecule has 1 N–H and O–H groups in total. The fourth-order valence-corrected chi connectivity index (χ4v) is 2.51. The highest BCUT2D eigenvalue weighted by Crippen LogP contribution is 2.13. The smallest absolute Gasteiger partial charge is 0.119 e. The van der Waals surface area contributed by atoms with Crippen molar-refractivity contribution in [3.63, 3.8) is 0 Å². The predicted octanol–water partition coefficient (Wildman–Crippen LogP) is 3.53.